The second-order valence-electron chi connectivity index (χ2n) is 7.77. The lowest BCUT2D eigenvalue weighted by Crippen LogP contribution is -2.06. The Labute approximate surface area is 195 Å². The van der Waals surface area contributed by atoms with Crippen molar-refractivity contribution in [2.45, 2.75) is 0 Å². The highest BCUT2D eigenvalue weighted by Crippen LogP contribution is 2.48. The normalized spacial score (nSPS) is 11.6. The van der Waals surface area contributed by atoms with E-state index in [1.165, 1.54) is 0 Å². The summed E-state index contributed by atoms with van der Waals surface area (Å²) >= 11 is 0. The first kappa shape index (κ1) is 23.7. The molecule has 0 aromatic heterocycles. The van der Waals surface area contributed by atoms with Gasteiger partial charge in [-0.2, -0.15) is 0 Å². The smallest absolute Gasteiger partial charge is 0.200 e. The predicted molar refractivity (Wildman–Crippen MR) is 112 cm³/mol. The van der Waals surface area contributed by atoms with Gasteiger partial charge in [0.25, 0.3) is 0 Å². The maximum atomic E-state index is 15.2. The topological polar surface area (TPSA) is 0 Å². The van der Waals surface area contributed by atoms with Gasteiger partial charge < -0.3 is 0 Å². The Hall–Kier alpha value is -4.08. The molecule has 0 nitrogen and oxygen atoms in total. The van der Waals surface area contributed by atoms with Crippen molar-refractivity contribution < 1.29 is 43.9 Å². The number of hydrogen-bond acceptors (Lipinski definition) is 0. The molecular weight excluding hydrogens is 502 g/mol. The number of hydrogen-bond donors (Lipinski definition) is 0. The molecule has 0 bridgehead atoms. The highest BCUT2D eigenvalue weighted by molar-refractivity contribution is 6.22. The molecule has 182 valence electrons. The molecule has 0 aliphatic carbocycles. The molecule has 0 unspecified atom stereocenters. The molecule has 10 heteroatoms. The van der Waals surface area contributed by atoms with Crippen LogP contribution in [-0.2, 0) is 0 Å². The van der Waals surface area contributed by atoms with Gasteiger partial charge in [-0.1, -0.05) is 18.2 Å². The van der Waals surface area contributed by atoms with Crippen LogP contribution in [0.4, 0.5) is 43.9 Å². The average Bonchev–Trinajstić information content (AvgIpc) is 2.85. The summed E-state index contributed by atoms with van der Waals surface area (Å²) in [5.74, 6) is -18.7. The highest BCUT2D eigenvalue weighted by atomic mass is 19.2. The second-order valence-corrected chi connectivity index (χ2v) is 7.77. The molecule has 5 rings (SSSR count). The van der Waals surface area contributed by atoms with E-state index in [1.54, 1.807) is 0 Å². The molecule has 0 amide bonds. The Morgan fingerprint density at radius 2 is 0.861 bits per heavy atom. The Kier molecular flexibility index (Phi) is 5.42. The molecular formula is C26H8F10. The lowest BCUT2D eigenvalue weighted by molar-refractivity contribution is 0.381. The van der Waals surface area contributed by atoms with Gasteiger partial charge in [0, 0.05) is 27.3 Å². The summed E-state index contributed by atoms with van der Waals surface area (Å²) in [4.78, 5) is 0. The molecule has 36 heavy (non-hydrogen) atoms. The van der Waals surface area contributed by atoms with Gasteiger partial charge in [-0.25, -0.2) is 43.9 Å². The van der Waals surface area contributed by atoms with E-state index in [9.17, 15) is 30.7 Å². The van der Waals surface area contributed by atoms with Crippen LogP contribution in [0.3, 0.4) is 0 Å². The first-order valence-corrected chi connectivity index (χ1v) is 10.0. The maximum absolute atomic E-state index is 15.2. The van der Waals surface area contributed by atoms with Crippen molar-refractivity contribution >= 4 is 21.5 Å². The maximum Gasteiger partial charge on any atom is 0.200 e. The lowest BCUT2D eigenvalue weighted by atomic mass is 9.84. The van der Waals surface area contributed by atoms with Crippen molar-refractivity contribution in [3.8, 4) is 22.3 Å². The third-order valence-electron chi connectivity index (χ3n) is 5.80. The molecule has 0 N–H and O–H groups in total. The van der Waals surface area contributed by atoms with Crippen molar-refractivity contribution in [3.63, 3.8) is 0 Å². The molecule has 0 saturated heterocycles. The average molecular weight is 510 g/mol. The monoisotopic (exact) mass is 510 g/mol. The largest absolute Gasteiger partial charge is 0.206 e. The fourth-order valence-electron chi connectivity index (χ4n) is 4.31. The van der Waals surface area contributed by atoms with Crippen molar-refractivity contribution in [1.82, 2.24) is 0 Å². The van der Waals surface area contributed by atoms with Crippen LogP contribution >= 0.6 is 0 Å². The number of halogens is 10. The van der Waals surface area contributed by atoms with Crippen LogP contribution in [0.15, 0.2) is 48.5 Å². The van der Waals surface area contributed by atoms with Gasteiger partial charge in [0.1, 0.15) is 17.5 Å². The van der Waals surface area contributed by atoms with Gasteiger partial charge in [-0.05, 0) is 41.3 Å². The van der Waals surface area contributed by atoms with Gasteiger partial charge in [-0.15, -0.1) is 0 Å². The van der Waals surface area contributed by atoms with Crippen LogP contribution in [0.25, 0.3) is 43.8 Å². The van der Waals surface area contributed by atoms with E-state index < -0.39 is 96.4 Å². The summed E-state index contributed by atoms with van der Waals surface area (Å²) in [6.45, 7) is 0. The van der Waals surface area contributed by atoms with E-state index in [-0.39, 0.29) is 5.56 Å². The van der Waals surface area contributed by atoms with E-state index in [2.05, 4.69) is 0 Å². The van der Waals surface area contributed by atoms with E-state index >= 15 is 13.2 Å². The number of rotatable bonds is 2. The van der Waals surface area contributed by atoms with E-state index in [4.69, 9.17) is 0 Å². The van der Waals surface area contributed by atoms with Gasteiger partial charge in [0.15, 0.2) is 34.9 Å². The van der Waals surface area contributed by atoms with Crippen molar-refractivity contribution in [2.24, 2.45) is 0 Å². The summed E-state index contributed by atoms with van der Waals surface area (Å²) in [6, 6.07) is 6.29. The summed E-state index contributed by atoms with van der Waals surface area (Å²) in [7, 11) is 0. The van der Waals surface area contributed by atoms with Crippen LogP contribution in [0.5, 0.6) is 0 Å². The zero-order valence-electron chi connectivity index (χ0n) is 17.4. The lowest BCUT2D eigenvalue weighted by Gasteiger charge is -2.20. The van der Waals surface area contributed by atoms with Gasteiger partial charge in [-0.3, -0.25) is 0 Å². The zero-order valence-corrected chi connectivity index (χ0v) is 17.4. The molecule has 5 aromatic carbocycles. The minimum Gasteiger partial charge on any atom is -0.206 e. The molecule has 0 aliphatic heterocycles. The Morgan fingerprint density at radius 3 is 1.44 bits per heavy atom. The van der Waals surface area contributed by atoms with Crippen molar-refractivity contribution in [3.05, 3.63) is 107 Å². The Morgan fingerprint density at radius 1 is 0.361 bits per heavy atom. The van der Waals surface area contributed by atoms with E-state index in [1.807, 2.05) is 0 Å². The van der Waals surface area contributed by atoms with Crippen molar-refractivity contribution in [1.29, 1.82) is 0 Å². The van der Waals surface area contributed by atoms with Gasteiger partial charge >= 0.3 is 0 Å². The summed E-state index contributed by atoms with van der Waals surface area (Å²) in [5, 5.41) is -3.04. The number of fused-ring (bicyclic) bond motifs is 2. The molecule has 0 saturated carbocycles. The molecule has 0 spiro atoms. The zero-order chi connectivity index (χ0) is 26.0. The van der Waals surface area contributed by atoms with Gasteiger partial charge in [0.2, 0.25) is 5.82 Å². The SMILES string of the molecule is Fc1ccc(-c2c3cccc(F)c3c(-c3c(F)c(F)c(F)c(F)c3F)c3c(F)ccc(F)c23)cc1F. The van der Waals surface area contributed by atoms with Crippen LogP contribution in [0.2, 0.25) is 0 Å². The van der Waals surface area contributed by atoms with Crippen LogP contribution < -0.4 is 0 Å². The number of benzene rings is 5. The molecule has 0 atom stereocenters. The van der Waals surface area contributed by atoms with Crippen molar-refractivity contribution in [2.75, 3.05) is 0 Å². The third kappa shape index (κ3) is 3.24. The summed E-state index contributed by atoms with van der Waals surface area (Å²) in [5.41, 5.74) is -3.51. The first-order chi connectivity index (χ1) is 17.0. The summed E-state index contributed by atoms with van der Waals surface area (Å²) in [6.07, 6.45) is 0. The summed E-state index contributed by atoms with van der Waals surface area (Å²) < 4.78 is 145. The minimum atomic E-state index is -2.51. The van der Waals surface area contributed by atoms with Gasteiger partial charge in [0.05, 0.1) is 5.56 Å². The molecule has 0 heterocycles. The van der Waals surface area contributed by atoms with E-state index in [0.29, 0.717) is 24.3 Å². The van der Waals surface area contributed by atoms with E-state index in [0.717, 1.165) is 24.3 Å². The van der Waals surface area contributed by atoms with Crippen LogP contribution in [-0.4, -0.2) is 0 Å². The molecule has 5 aromatic rings. The van der Waals surface area contributed by atoms with Crippen LogP contribution in [0.1, 0.15) is 0 Å². The van der Waals surface area contributed by atoms with Crippen LogP contribution in [0, 0.1) is 58.2 Å². The third-order valence-corrected chi connectivity index (χ3v) is 5.80. The second kappa shape index (κ2) is 8.25. The minimum absolute atomic E-state index is 0.275. The Bertz CT molecular complexity index is 1710. The predicted octanol–water partition coefficient (Wildman–Crippen LogP) is 8.72. The standard InChI is InChI=1S/C26H8F10/c27-11-5-4-9(8-15(11)31)16-10-2-1-3-12(28)17(10)20(19-14(30)7-6-13(29)18(16)19)21-22(32)24(34)26(36)25(35)23(21)33/h1-8H. The highest BCUT2D eigenvalue weighted by Gasteiger charge is 2.32. The quantitative estimate of drug-likeness (QED) is 0.0965. The fraction of sp³-hybridized carbons (Fsp3) is 0. The first-order valence-electron chi connectivity index (χ1n) is 10.0. The molecule has 0 radical (unpaired) electrons. The molecule has 0 aliphatic rings. The Balaban J connectivity index is 2.14. The fourth-order valence-corrected chi connectivity index (χ4v) is 4.31. The molecule has 0 fully saturated rings.